The number of aryl methyl sites for hydroxylation is 1. The van der Waals surface area contributed by atoms with Gasteiger partial charge in [0.1, 0.15) is 0 Å². The van der Waals surface area contributed by atoms with Gasteiger partial charge in [-0.05, 0) is 41.8 Å². The van der Waals surface area contributed by atoms with E-state index in [0.717, 1.165) is 18.5 Å². The van der Waals surface area contributed by atoms with Crippen LogP contribution >= 0.6 is 0 Å². The topological polar surface area (TPSA) is 16.1 Å². The summed E-state index contributed by atoms with van der Waals surface area (Å²) in [4.78, 5) is 6.33. The van der Waals surface area contributed by atoms with Crippen molar-refractivity contribution in [2.45, 2.75) is 19.8 Å². The van der Waals surface area contributed by atoms with Gasteiger partial charge in [-0.3, -0.25) is 4.98 Å². The summed E-state index contributed by atoms with van der Waals surface area (Å²) in [6.45, 7) is 2.22. The van der Waals surface area contributed by atoms with Crippen molar-refractivity contribution in [1.82, 2.24) is 4.98 Å². The first kappa shape index (κ1) is 13.6. The van der Waals surface area contributed by atoms with Crippen LogP contribution in [0.5, 0.6) is 0 Å². The molecule has 1 aromatic heterocycles. The van der Waals surface area contributed by atoms with Crippen LogP contribution in [-0.2, 0) is 6.42 Å². The van der Waals surface area contributed by atoms with E-state index in [4.69, 9.17) is 0 Å². The minimum Gasteiger partial charge on any atom is -0.344 e. The molecule has 2 nitrogen and oxygen atoms in total. The van der Waals surface area contributed by atoms with Gasteiger partial charge in [-0.25, -0.2) is 0 Å². The molecule has 2 aromatic rings. The number of anilines is 1. The fourth-order valence-electron chi connectivity index (χ4n) is 2.84. The van der Waals surface area contributed by atoms with Gasteiger partial charge >= 0.3 is 0 Å². The maximum atomic E-state index is 4.10. The molecule has 0 atom stereocenters. The fraction of sp³-hybridized carbons (Fsp3) is 0.211. The number of aromatic nitrogens is 1. The van der Waals surface area contributed by atoms with Crippen LogP contribution in [0.2, 0.25) is 0 Å². The molecule has 0 amide bonds. The molecule has 1 aliphatic rings. The Bertz CT molecular complexity index is 773. The second kappa shape index (κ2) is 5.96. The summed E-state index contributed by atoms with van der Waals surface area (Å²) in [6.07, 6.45) is 12.5. The van der Waals surface area contributed by atoms with Crippen LogP contribution in [-0.4, -0.2) is 12.0 Å². The minimum absolute atomic E-state index is 0.984. The van der Waals surface area contributed by atoms with E-state index < -0.39 is 0 Å². The summed E-state index contributed by atoms with van der Waals surface area (Å²) in [5.74, 6) is 0. The number of fused-ring (bicyclic) bond motifs is 1. The van der Waals surface area contributed by atoms with E-state index in [1.165, 1.54) is 21.7 Å². The van der Waals surface area contributed by atoms with Crippen molar-refractivity contribution in [1.29, 1.82) is 0 Å². The molecule has 0 unspecified atom stereocenters. The maximum absolute atomic E-state index is 4.10. The molecule has 1 heterocycles. The lowest BCUT2D eigenvalue weighted by Crippen LogP contribution is -2.34. The normalized spacial score (nSPS) is 13.3. The van der Waals surface area contributed by atoms with Gasteiger partial charge in [-0.15, -0.1) is 0 Å². The van der Waals surface area contributed by atoms with Crippen molar-refractivity contribution in [3.05, 3.63) is 70.9 Å². The number of hydrogen-bond donors (Lipinski definition) is 0. The zero-order valence-electron chi connectivity index (χ0n) is 12.6. The second-order valence-electron chi connectivity index (χ2n) is 5.22. The second-order valence-corrected chi connectivity index (χ2v) is 5.22. The average molecular weight is 276 g/mol. The number of rotatable bonds is 3. The smallest absolute Gasteiger partial charge is 0.0484 e. The molecule has 21 heavy (non-hydrogen) atoms. The zero-order valence-corrected chi connectivity index (χ0v) is 12.6. The molecule has 0 saturated heterocycles. The van der Waals surface area contributed by atoms with E-state index in [1.54, 1.807) is 0 Å². The monoisotopic (exact) mass is 276 g/mol. The molecule has 0 radical (unpaired) electrons. The summed E-state index contributed by atoms with van der Waals surface area (Å²) >= 11 is 0. The molecule has 0 saturated carbocycles. The lowest BCUT2D eigenvalue weighted by Gasteiger charge is -2.20. The summed E-state index contributed by atoms with van der Waals surface area (Å²) in [5, 5.41) is 2.68. The first-order valence-corrected chi connectivity index (χ1v) is 7.44. The molecule has 0 bridgehead atoms. The molecular weight excluding hydrogens is 256 g/mol. The van der Waals surface area contributed by atoms with E-state index in [9.17, 15) is 0 Å². The van der Waals surface area contributed by atoms with E-state index in [-0.39, 0.29) is 0 Å². The van der Waals surface area contributed by atoms with Gasteiger partial charge < -0.3 is 4.90 Å². The molecule has 0 fully saturated rings. The van der Waals surface area contributed by atoms with Crippen LogP contribution in [0.15, 0.2) is 54.9 Å². The van der Waals surface area contributed by atoms with Crippen molar-refractivity contribution in [3.63, 3.8) is 0 Å². The number of pyridine rings is 1. The number of benzene rings is 1. The van der Waals surface area contributed by atoms with Crippen LogP contribution < -0.4 is 15.3 Å². The Morgan fingerprint density at radius 3 is 2.71 bits per heavy atom. The Hall–Kier alpha value is -2.35. The summed E-state index contributed by atoms with van der Waals surface area (Å²) in [7, 11) is 2.11. The van der Waals surface area contributed by atoms with Gasteiger partial charge in [-0.1, -0.05) is 37.3 Å². The van der Waals surface area contributed by atoms with Crippen molar-refractivity contribution < 1.29 is 0 Å². The van der Waals surface area contributed by atoms with Crippen molar-refractivity contribution in [2.24, 2.45) is 0 Å². The van der Waals surface area contributed by atoms with Crippen LogP contribution in [0.25, 0.3) is 11.8 Å². The molecule has 106 valence electrons. The minimum atomic E-state index is 0.984. The van der Waals surface area contributed by atoms with Gasteiger partial charge in [-0.2, -0.15) is 0 Å². The first-order chi connectivity index (χ1) is 10.3. The predicted molar refractivity (Wildman–Crippen MR) is 89.3 cm³/mol. The quantitative estimate of drug-likeness (QED) is 0.857. The Kier molecular flexibility index (Phi) is 3.87. The Balaban J connectivity index is 2.25. The number of likely N-dealkylation sites (N-methyl/N-ethyl adjacent to an activating group) is 1. The molecule has 0 N–H and O–H groups in total. The van der Waals surface area contributed by atoms with Gasteiger partial charge in [0.15, 0.2) is 0 Å². The maximum Gasteiger partial charge on any atom is 0.0484 e. The summed E-state index contributed by atoms with van der Waals surface area (Å²) in [6, 6.07) is 10.7. The molecule has 1 aromatic carbocycles. The highest BCUT2D eigenvalue weighted by Crippen LogP contribution is 2.17. The number of allylic oxidation sites excluding steroid dienone is 1. The molecule has 1 aliphatic carbocycles. The van der Waals surface area contributed by atoms with Crippen molar-refractivity contribution in [3.8, 4) is 0 Å². The largest absolute Gasteiger partial charge is 0.344 e. The SMILES string of the molecule is CCc1cccc2c1=CCC=CC=2N(C)c1ccncc1. The van der Waals surface area contributed by atoms with Gasteiger partial charge in [0, 0.05) is 36.0 Å². The van der Waals surface area contributed by atoms with E-state index in [2.05, 4.69) is 60.3 Å². The van der Waals surface area contributed by atoms with Crippen LogP contribution in [0.3, 0.4) is 0 Å². The summed E-state index contributed by atoms with van der Waals surface area (Å²) < 4.78 is 0. The Morgan fingerprint density at radius 2 is 1.95 bits per heavy atom. The summed E-state index contributed by atoms with van der Waals surface area (Å²) in [5.41, 5.74) is 3.80. The third-order valence-electron chi connectivity index (χ3n) is 4.00. The third-order valence-corrected chi connectivity index (χ3v) is 4.00. The molecular formula is C19H20N2. The van der Waals surface area contributed by atoms with E-state index in [1.807, 2.05) is 24.5 Å². The highest BCUT2D eigenvalue weighted by atomic mass is 15.1. The van der Waals surface area contributed by atoms with Crippen LogP contribution in [0.4, 0.5) is 5.69 Å². The fourth-order valence-corrected chi connectivity index (χ4v) is 2.84. The van der Waals surface area contributed by atoms with Crippen LogP contribution in [0, 0.1) is 0 Å². The lowest BCUT2D eigenvalue weighted by molar-refractivity contribution is 1.11. The average Bonchev–Trinajstić information content (AvgIpc) is 2.77. The Labute approximate surface area is 125 Å². The van der Waals surface area contributed by atoms with Gasteiger partial charge in [0.05, 0.1) is 0 Å². The van der Waals surface area contributed by atoms with Gasteiger partial charge in [0.2, 0.25) is 0 Å². The molecule has 0 spiro atoms. The Morgan fingerprint density at radius 1 is 1.14 bits per heavy atom. The number of hydrogen-bond acceptors (Lipinski definition) is 2. The lowest BCUT2D eigenvalue weighted by atomic mass is 10.1. The molecule has 2 heteroatoms. The van der Waals surface area contributed by atoms with Gasteiger partial charge in [0.25, 0.3) is 0 Å². The predicted octanol–water partition coefficient (Wildman–Crippen LogP) is 2.63. The highest BCUT2D eigenvalue weighted by Gasteiger charge is 2.08. The van der Waals surface area contributed by atoms with E-state index in [0.29, 0.717) is 0 Å². The van der Waals surface area contributed by atoms with Crippen molar-refractivity contribution >= 4 is 17.5 Å². The van der Waals surface area contributed by atoms with Crippen LogP contribution in [0.1, 0.15) is 18.9 Å². The number of nitrogens with zero attached hydrogens (tertiary/aromatic N) is 2. The van der Waals surface area contributed by atoms with E-state index >= 15 is 0 Å². The van der Waals surface area contributed by atoms with Crippen molar-refractivity contribution in [2.75, 3.05) is 11.9 Å². The third kappa shape index (κ3) is 2.62. The standard InChI is InChI=1S/C19H20N2/c1-3-15-7-6-9-18-17(15)8-4-5-10-19(18)21(2)16-11-13-20-14-12-16/h5-14H,3-4H2,1-2H3. The highest BCUT2D eigenvalue weighted by molar-refractivity contribution is 5.74. The molecule has 0 aliphatic heterocycles. The zero-order chi connectivity index (χ0) is 14.7. The first-order valence-electron chi connectivity index (χ1n) is 7.44. The molecule has 3 rings (SSSR count).